The summed E-state index contributed by atoms with van der Waals surface area (Å²) in [5.41, 5.74) is 3.47. The van der Waals surface area contributed by atoms with Gasteiger partial charge in [0.15, 0.2) is 5.76 Å². The van der Waals surface area contributed by atoms with Crippen molar-refractivity contribution in [3.63, 3.8) is 0 Å². The van der Waals surface area contributed by atoms with Crippen molar-refractivity contribution in [3.8, 4) is 0 Å². The minimum Gasteiger partial charge on any atom is -0.459 e. The van der Waals surface area contributed by atoms with Gasteiger partial charge in [-0.25, -0.2) is 4.98 Å². The number of hydrogen-bond acceptors (Lipinski definition) is 6. The van der Waals surface area contributed by atoms with E-state index in [2.05, 4.69) is 40.1 Å². The van der Waals surface area contributed by atoms with E-state index in [-0.39, 0.29) is 5.91 Å². The molecule has 0 aliphatic carbocycles. The molecule has 0 atom stereocenters. The number of furan rings is 1. The maximum atomic E-state index is 12.4. The molecule has 1 aliphatic heterocycles. The van der Waals surface area contributed by atoms with E-state index >= 15 is 0 Å². The van der Waals surface area contributed by atoms with Gasteiger partial charge in [-0.3, -0.25) is 4.79 Å². The quantitative estimate of drug-likeness (QED) is 0.751. The van der Waals surface area contributed by atoms with Gasteiger partial charge in [0.05, 0.1) is 6.26 Å². The molecule has 7 heteroatoms. The van der Waals surface area contributed by atoms with Crippen LogP contribution < -0.4 is 10.2 Å². The lowest BCUT2D eigenvalue weighted by Gasteiger charge is -2.34. The van der Waals surface area contributed by atoms with Crippen molar-refractivity contribution in [2.24, 2.45) is 0 Å². The van der Waals surface area contributed by atoms with Gasteiger partial charge in [0, 0.05) is 38.1 Å². The van der Waals surface area contributed by atoms with Crippen molar-refractivity contribution >= 4 is 23.4 Å². The number of anilines is 3. The number of rotatable bonds is 4. The maximum absolute atomic E-state index is 12.4. The van der Waals surface area contributed by atoms with Crippen molar-refractivity contribution in [2.75, 3.05) is 36.4 Å². The van der Waals surface area contributed by atoms with Gasteiger partial charge in [-0.2, -0.15) is 4.98 Å². The molecule has 1 aromatic carbocycles. The van der Waals surface area contributed by atoms with Crippen LogP contribution in [0, 0.1) is 13.8 Å². The number of carbonyl (C=O) groups is 1. The first kappa shape index (κ1) is 18.0. The minimum absolute atomic E-state index is 0.0732. The third-order valence-electron chi connectivity index (χ3n) is 5.09. The number of carbonyl (C=O) groups excluding carboxylic acids is 1. The summed E-state index contributed by atoms with van der Waals surface area (Å²) in [6, 6.07) is 11.5. The molecule has 0 unspecified atom stereocenters. The summed E-state index contributed by atoms with van der Waals surface area (Å²) in [6.45, 7) is 6.76. The van der Waals surface area contributed by atoms with Gasteiger partial charge in [0.2, 0.25) is 5.95 Å². The first-order valence-corrected chi connectivity index (χ1v) is 9.36. The number of nitrogens with zero attached hydrogens (tertiary/aromatic N) is 4. The largest absolute Gasteiger partial charge is 0.459 e. The van der Waals surface area contributed by atoms with Crippen LogP contribution in [0.2, 0.25) is 0 Å². The second-order valence-corrected chi connectivity index (χ2v) is 6.87. The molecule has 0 saturated carbocycles. The monoisotopic (exact) mass is 377 g/mol. The van der Waals surface area contributed by atoms with Gasteiger partial charge in [-0.05, 0) is 49.2 Å². The molecule has 2 aromatic heterocycles. The fraction of sp³-hybridized carbons (Fsp3) is 0.286. The van der Waals surface area contributed by atoms with Gasteiger partial charge in [-0.1, -0.05) is 12.1 Å². The molecule has 28 heavy (non-hydrogen) atoms. The summed E-state index contributed by atoms with van der Waals surface area (Å²) in [5.74, 6) is 1.73. The average molecular weight is 377 g/mol. The van der Waals surface area contributed by atoms with E-state index in [1.165, 1.54) is 17.4 Å². The Bertz CT molecular complexity index is 963. The standard InChI is InChI=1S/C21H23N5O2/c1-15-5-3-6-17(16(15)2)23-19-8-9-22-21(24-19)26-12-10-25(11-13-26)20(27)18-7-4-14-28-18/h3-9,14H,10-13H2,1-2H3,(H,22,23,24). The molecule has 144 valence electrons. The van der Waals surface area contributed by atoms with Gasteiger partial charge >= 0.3 is 0 Å². The number of aromatic nitrogens is 2. The summed E-state index contributed by atoms with van der Waals surface area (Å²) >= 11 is 0. The summed E-state index contributed by atoms with van der Waals surface area (Å²) in [5, 5.41) is 3.38. The molecular formula is C21H23N5O2. The molecule has 0 spiro atoms. The number of benzene rings is 1. The van der Waals surface area contributed by atoms with Gasteiger partial charge in [0.25, 0.3) is 5.91 Å². The summed E-state index contributed by atoms with van der Waals surface area (Å²) in [7, 11) is 0. The fourth-order valence-electron chi connectivity index (χ4n) is 3.26. The third-order valence-corrected chi connectivity index (χ3v) is 5.09. The molecule has 1 N–H and O–H groups in total. The van der Waals surface area contributed by atoms with E-state index in [0.29, 0.717) is 37.9 Å². The molecule has 1 saturated heterocycles. The van der Waals surface area contributed by atoms with Crippen LogP contribution in [0.15, 0.2) is 53.3 Å². The number of aryl methyl sites for hydroxylation is 1. The first-order valence-electron chi connectivity index (χ1n) is 9.36. The van der Waals surface area contributed by atoms with E-state index in [4.69, 9.17) is 4.42 Å². The van der Waals surface area contributed by atoms with E-state index in [1.807, 2.05) is 18.2 Å². The van der Waals surface area contributed by atoms with Crippen molar-refractivity contribution < 1.29 is 9.21 Å². The number of nitrogens with one attached hydrogen (secondary N) is 1. The molecule has 0 radical (unpaired) electrons. The Labute approximate surface area is 164 Å². The van der Waals surface area contributed by atoms with E-state index < -0.39 is 0 Å². The number of piperazine rings is 1. The van der Waals surface area contributed by atoms with Crippen LogP contribution in [-0.4, -0.2) is 47.0 Å². The van der Waals surface area contributed by atoms with Crippen LogP contribution >= 0.6 is 0 Å². The van der Waals surface area contributed by atoms with Crippen molar-refractivity contribution in [2.45, 2.75) is 13.8 Å². The lowest BCUT2D eigenvalue weighted by molar-refractivity contribution is 0.0714. The highest BCUT2D eigenvalue weighted by Gasteiger charge is 2.24. The van der Waals surface area contributed by atoms with Crippen LogP contribution in [0.3, 0.4) is 0 Å². The van der Waals surface area contributed by atoms with Gasteiger partial charge in [-0.15, -0.1) is 0 Å². The lowest BCUT2D eigenvalue weighted by Crippen LogP contribution is -2.49. The van der Waals surface area contributed by atoms with Crippen LogP contribution in [-0.2, 0) is 0 Å². The van der Waals surface area contributed by atoms with Gasteiger partial charge in [0.1, 0.15) is 5.82 Å². The Morgan fingerprint density at radius 1 is 1.07 bits per heavy atom. The van der Waals surface area contributed by atoms with E-state index in [1.54, 1.807) is 23.2 Å². The van der Waals surface area contributed by atoms with E-state index in [0.717, 1.165) is 11.5 Å². The zero-order valence-electron chi connectivity index (χ0n) is 16.1. The normalized spacial score (nSPS) is 14.2. The molecule has 1 fully saturated rings. The second kappa shape index (κ2) is 7.72. The third kappa shape index (κ3) is 3.69. The van der Waals surface area contributed by atoms with Crippen LogP contribution in [0.1, 0.15) is 21.7 Å². The molecule has 0 bridgehead atoms. The highest BCUT2D eigenvalue weighted by Crippen LogP contribution is 2.23. The summed E-state index contributed by atoms with van der Waals surface area (Å²) < 4.78 is 5.21. The zero-order valence-corrected chi connectivity index (χ0v) is 16.1. The number of amides is 1. The predicted octanol–water partition coefficient (Wildman–Crippen LogP) is 3.39. The first-order chi connectivity index (χ1) is 13.6. The Kier molecular flexibility index (Phi) is 4.97. The van der Waals surface area contributed by atoms with Crippen molar-refractivity contribution in [3.05, 3.63) is 65.7 Å². The van der Waals surface area contributed by atoms with Crippen molar-refractivity contribution in [1.82, 2.24) is 14.9 Å². The summed E-state index contributed by atoms with van der Waals surface area (Å²) in [4.78, 5) is 25.4. The Hall–Kier alpha value is -3.35. The molecule has 4 rings (SSSR count). The Morgan fingerprint density at radius 2 is 1.89 bits per heavy atom. The number of hydrogen-bond donors (Lipinski definition) is 1. The Balaban J connectivity index is 1.42. The predicted molar refractivity (Wildman–Crippen MR) is 108 cm³/mol. The fourth-order valence-corrected chi connectivity index (χ4v) is 3.26. The van der Waals surface area contributed by atoms with Gasteiger partial charge < -0.3 is 19.5 Å². The SMILES string of the molecule is Cc1cccc(Nc2ccnc(N3CCN(C(=O)c4ccco4)CC3)n2)c1C. The molecule has 3 heterocycles. The molecular weight excluding hydrogens is 354 g/mol. The zero-order chi connectivity index (χ0) is 19.5. The molecule has 1 aliphatic rings. The van der Waals surface area contributed by atoms with E-state index in [9.17, 15) is 4.79 Å². The molecule has 3 aromatic rings. The minimum atomic E-state index is -0.0732. The van der Waals surface area contributed by atoms with Crippen LogP contribution in [0.5, 0.6) is 0 Å². The van der Waals surface area contributed by atoms with Crippen molar-refractivity contribution in [1.29, 1.82) is 0 Å². The highest BCUT2D eigenvalue weighted by molar-refractivity contribution is 5.91. The van der Waals surface area contributed by atoms with Crippen LogP contribution in [0.25, 0.3) is 0 Å². The smallest absolute Gasteiger partial charge is 0.289 e. The molecule has 7 nitrogen and oxygen atoms in total. The Morgan fingerprint density at radius 3 is 2.64 bits per heavy atom. The molecule has 1 amide bonds. The second-order valence-electron chi connectivity index (χ2n) is 6.87. The lowest BCUT2D eigenvalue weighted by atomic mass is 10.1. The van der Waals surface area contributed by atoms with Crippen LogP contribution in [0.4, 0.5) is 17.5 Å². The highest BCUT2D eigenvalue weighted by atomic mass is 16.3. The maximum Gasteiger partial charge on any atom is 0.289 e. The summed E-state index contributed by atoms with van der Waals surface area (Å²) in [6.07, 6.45) is 3.28. The average Bonchev–Trinajstić information content (AvgIpc) is 3.26. The topological polar surface area (TPSA) is 74.5 Å².